The van der Waals surface area contributed by atoms with Gasteiger partial charge in [-0.1, -0.05) is 6.92 Å². The van der Waals surface area contributed by atoms with Gasteiger partial charge in [-0.25, -0.2) is 0 Å². The fourth-order valence-electron chi connectivity index (χ4n) is 1.45. The fraction of sp³-hybridized carbons (Fsp3) is 0.900. The molecule has 0 bridgehead atoms. The van der Waals surface area contributed by atoms with E-state index in [1.165, 1.54) is 0 Å². The Morgan fingerprint density at radius 3 is 2.71 bits per heavy atom. The van der Waals surface area contributed by atoms with Gasteiger partial charge in [0.1, 0.15) is 0 Å². The lowest BCUT2D eigenvalue weighted by Gasteiger charge is -2.22. The second-order valence-corrected chi connectivity index (χ2v) is 5.07. The van der Waals surface area contributed by atoms with E-state index in [0.29, 0.717) is 24.3 Å². The van der Waals surface area contributed by atoms with Crippen LogP contribution in [0.2, 0.25) is 0 Å². The molecule has 0 radical (unpaired) electrons. The van der Waals surface area contributed by atoms with Crippen LogP contribution < -0.4 is 0 Å². The molecular formula is C10H19NO2S. The second-order valence-electron chi connectivity index (χ2n) is 3.79. The molecule has 14 heavy (non-hydrogen) atoms. The Morgan fingerprint density at radius 1 is 1.64 bits per heavy atom. The van der Waals surface area contributed by atoms with E-state index in [4.69, 9.17) is 5.11 Å². The van der Waals surface area contributed by atoms with Crippen LogP contribution in [0.25, 0.3) is 0 Å². The molecule has 0 aromatic rings. The number of hydrogen-bond acceptors (Lipinski definition) is 3. The van der Waals surface area contributed by atoms with Crippen LogP contribution in [-0.4, -0.2) is 46.6 Å². The van der Waals surface area contributed by atoms with Crippen molar-refractivity contribution in [2.75, 3.05) is 19.4 Å². The number of nitrogens with zero attached hydrogens (tertiary/aromatic N) is 1. The molecule has 82 valence electrons. The quantitative estimate of drug-likeness (QED) is 0.724. The highest BCUT2D eigenvalue weighted by atomic mass is 32.2. The molecule has 1 aliphatic carbocycles. The number of rotatable bonds is 6. The molecule has 3 nitrogen and oxygen atoms in total. The molecule has 0 aromatic heterocycles. The zero-order chi connectivity index (χ0) is 10.6. The van der Waals surface area contributed by atoms with Crippen molar-refractivity contribution in [2.45, 2.75) is 37.5 Å². The first-order chi connectivity index (χ1) is 6.69. The van der Waals surface area contributed by atoms with Gasteiger partial charge in [0.15, 0.2) is 0 Å². The Bertz CT molecular complexity index is 195. The number of amides is 1. The first-order valence-electron chi connectivity index (χ1n) is 5.12. The smallest absolute Gasteiger partial charge is 0.223 e. The average molecular weight is 217 g/mol. The molecule has 1 atom stereocenters. The molecule has 0 heterocycles. The summed E-state index contributed by atoms with van der Waals surface area (Å²) < 4.78 is 0. The van der Waals surface area contributed by atoms with Crippen molar-refractivity contribution >= 4 is 17.7 Å². The third kappa shape index (κ3) is 3.50. The van der Waals surface area contributed by atoms with Crippen LogP contribution in [0.15, 0.2) is 0 Å². The summed E-state index contributed by atoms with van der Waals surface area (Å²) in [6, 6.07) is 0.420. The van der Waals surface area contributed by atoms with Crippen molar-refractivity contribution in [1.29, 1.82) is 0 Å². The van der Waals surface area contributed by atoms with Gasteiger partial charge in [-0.05, 0) is 19.1 Å². The summed E-state index contributed by atoms with van der Waals surface area (Å²) in [6.07, 6.45) is 4.84. The second kappa shape index (κ2) is 5.61. The summed E-state index contributed by atoms with van der Waals surface area (Å²) in [5.41, 5.74) is 0. The third-order valence-corrected chi connectivity index (χ3v) is 3.48. The monoisotopic (exact) mass is 217 g/mol. The minimum atomic E-state index is 0.0793. The number of carbonyl (C=O) groups is 1. The summed E-state index contributed by atoms with van der Waals surface area (Å²) in [4.78, 5) is 13.6. The molecule has 1 saturated carbocycles. The SMILES string of the molecule is CSC(C)CC(=O)N(CCO)C1CC1. The van der Waals surface area contributed by atoms with Gasteiger partial charge in [0.05, 0.1) is 6.61 Å². The van der Waals surface area contributed by atoms with Crippen LogP contribution in [0.1, 0.15) is 26.2 Å². The van der Waals surface area contributed by atoms with Crippen LogP contribution in [0.5, 0.6) is 0 Å². The summed E-state index contributed by atoms with van der Waals surface area (Å²) >= 11 is 1.71. The van der Waals surface area contributed by atoms with Crippen molar-refractivity contribution < 1.29 is 9.90 Å². The van der Waals surface area contributed by atoms with E-state index >= 15 is 0 Å². The van der Waals surface area contributed by atoms with Crippen molar-refractivity contribution in [3.05, 3.63) is 0 Å². The highest BCUT2D eigenvalue weighted by Gasteiger charge is 2.32. The lowest BCUT2D eigenvalue weighted by molar-refractivity contribution is -0.132. The fourth-order valence-corrected chi connectivity index (χ4v) is 1.76. The highest BCUT2D eigenvalue weighted by molar-refractivity contribution is 7.99. The van der Waals surface area contributed by atoms with Gasteiger partial charge >= 0.3 is 0 Å². The van der Waals surface area contributed by atoms with Crippen LogP contribution in [0, 0.1) is 0 Å². The molecule has 0 aliphatic heterocycles. The minimum Gasteiger partial charge on any atom is -0.395 e. The van der Waals surface area contributed by atoms with E-state index in [-0.39, 0.29) is 12.5 Å². The molecule has 1 aliphatic rings. The van der Waals surface area contributed by atoms with E-state index in [2.05, 4.69) is 6.92 Å². The maximum Gasteiger partial charge on any atom is 0.223 e. The Balaban J connectivity index is 2.37. The predicted octanol–water partition coefficient (Wildman–Crippen LogP) is 1.11. The van der Waals surface area contributed by atoms with Gasteiger partial charge in [-0.2, -0.15) is 11.8 Å². The molecule has 0 aromatic carbocycles. The number of carbonyl (C=O) groups excluding carboxylic acids is 1. The molecule has 1 rings (SSSR count). The van der Waals surface area contributed by atoms with E-state index in [9.17, 15) is 4.79 Å². The van der Waals surface area contributed by atoms with Gasteiger partial charge in [0, 0.05) is 24.3 Å². The molecule has 1 amide bonds. The summed E-state index contributed by atoms with van der Waals surface area (Å²) in [6.45, 7) is 2.65. The normalized spacial score (nSPS) is 17.9. The number of thioether (sulfide) groups is 1. The van der Waals surface area contributed by atoms with Crippen molar-refractivity contribution in [3.8, 4) is 0 Å². The van der Waals surface area contributed by atoms with Crippen LogP contribution >= 0.6 is 11.8 Å². The van der Waals surface area contributed by atoms with Crippen molar-refractivity contribution in [1.82, 2.24) is 4.90 Å². The van der Waals surface area contributed by atoms with Crippen LogP contribution in [-0.2, 0) is 4.79 Å². The predicted molar refractivity (Wildman–Crippen MR) is 59.4 cm³/mol. The molecule has 1 unspecified atom stereocenters. The standard InChI is InChI=1S/C10H19NO2S/c1-8(14-2)7-10(13)11(5-6-12)9-3-4-9/h8-9,12H,3-7H2,1-2H3. The maximum atomic E-state index is 11.8. The molecule has 4 heteroatoms. The van der Waals surface area contributed by atoms with E-state index in [1.54, 1.807) is 11.8 Å². The zero-order valence-electron chi connectivity index (χ0n) is 8.90. The van der Waals surface area contributed by atoms with E-state index in [0.717, 1.165) is 12.8 Å². The Labute approximate surface area is 89.9 Å². The van der Waals surface area contributed by atoms with Crippen LogP contribution in [0.4, 0.5) is 0 Å². The lowest BCUT2D eigenvalue weighted by Crippen LogP contribution is -2.36. The summed E-state index contributed by atoms with van der Waals surface area (Å²) in [5, 5.41) is 9.23. The van der Waals surface area contributed by atoms with Crippen LogP contribution in [0.3, 0.4) is 0 Å². The third-order valence-electron chi connectivity index (χ3n) is 2.51. The molecule has 0 spiro atoms. The molecule has 1 fully saturated rings. The van der Waals surface area contributed by atoms with E-state index in [1.807, 2.05) is 11.2 Å². The van der Waals surface area contributed by atoms with E-state index < -0.39 is 0 Å². The number of hydrogen-bond donors (Lipinski definition) is 1. The molecule has 0 saturated heterocycles. The Morgan fingerprint density at radius 2 is 2.29 bits per heavy atom. The Kier molecular flexibility index (Phi) is 4.75. The van der Waals surface area contributed by atoms with Gasteiger partial charge in [-0.15, -0.1) is 0 Å². The largest absolute Gasteiger partial charge is 0.395 e. The summed E-state index contributed by atoms with van der Waals surface area (Å²) in [5.74, 6) is 0.198. The maximum absolute atomic E-state index is 11.8. The number of aliphatic hydroxyl groups is 1. The van der Waals surface area contributed by atoms with Crippen molar-refractivity contribution in [2.24, 2.45) is 0 Å². The zero-order valence-corrected chi connectivity index (χ0v) is 9.72. The first-order valence-corrected chi connectivity index (χ1v) is 6.41. The number of aliphatic hydroxyl groups excluding tert-OH is 1. The van der Waals surface area contributed by atoms with Gasteiger partial charge in [0.2, 0.25) is 5.91 Å². The topological polar surface area (TPSA) is 40.5 Å². The lowest BCUT2D eigenvalue weighted by atomic mass is 10.3. The Hall–Kier alpha value is -0.220. The van der Waals surface area contributed by atoms with Gasteiger partial charge in [0.25, 0.3) is 0 Å². The first kappa shape index (κ1) is 11.9. The highest BCUT2D eigenvalue weighted by Crippen LogP contribution is 2.27. The molecular weight excluding hydrogens is 198 g/mol. The molecule has 1 N–H and O–H groups in total. The van der Waals surface area contributed by atoms with Gasteiger partial charge in [-0.3, -0.25) is 4.79 Å². The van der Waals surface area contributed by atoms with Crippen molar-refractivity contribution in [3.63, 3.8) is 0 Å². The van der Waals surface area contributed by atoms with Gasteiger partial charge < -0.3 is 10.0 Å². The minimum absolute atomic E-state index is 0.0793. The average Bonchev–Trinajstić information content (AvgIpc) is 2.97. The summed E-state index contributed by atoms with van der Waals surface area (Å²) in [7, 11) is 0.